The molecule has 5 rings (SSSR count). The minimum Gasteiger partial charge on any atom is -0.481 e. The first-order chi connectivity index (χ1) is 19.9. The van der Waals surface area contributed by atoms with Gasteiger partial charge in [-0.1, -0.05) is 39.2 Å². The molecule has 0 saturated carbocycles. The number of carboxylic acids is 2. The van der Waals surface area contributed by atoms with Gasteiger partial charge in [0.15, 0.2) is 0 Å². The maximum Gasteiger partial charge on any atom is 0.303 e. The highest BCUT2D eigenvalue weighted by atomic mass is 16.4. The van der Waals surface area contributed by atoms with Crippen LogP contribution >= 0.6 is 0 Å². The largest absolute Gasteiger partial charge is 0.481 e. The van der Waals surface area contributed by atoms with Crippen LogP contribution in [-0.2, 0) is 9.59 Å². The van der Waals surface area contributed by atoms with Crippen molar-refractivity contribution >= 4 is 34.8 Å². The Hall–Kier alpha value is -4.98. The number of nitrogens with zero attached hydrogens (tertiary/aromatic N) is 4. The van der Waals surface area contributed by atoms with E-state index in [4.69, 9.17) is 30.2 Å². The van der Waals surface area contributed by atoms with Crippen molar-refractivity contribution in [3.8, 4) is 0 Å². The lowest BCUT2D eigenvalue weighted by molar-refractivity contribution is -0.137. The summed E-state index contributed by atoms with van der Waals surface area (Å²) in [5.74, 6) is -1.49. The molecule has 0 fully saturated rings. The number of hydrogen-bond acceptors (Lipinski definition) is 6. The van der Waals surface area contributed by atoms with E-state index in [9.17, 15) is 9.59 Å². The summed E-state index contributed by atoms with van der Waals surface area (Å²) in [6.45, 7) is 19.7. The van der Waals surface area contributed by atoms with E-state index in [0.717, 1.165) is 73.5 Å². The van der Waals surface area contributed by atoms with Gasteiger partial charge in [0.1, 0.15) is 0 Å². The maximum atomic E-state index is 9.37. The topological polar surface area (TPSA) is 124 Å². The van der Waals surface area contributed by atoms with Crippen molar-refractivity contribution in [2.45, 2.75) is 54.4 Å². The Labute approximate surface area is 246 Å². The highest BCUT2D eigenvalue weighted by Gasteiger charge is 2.28. The van der Waals surface area contributed by atoms with Crippen molar-refractivity contribution in [3.63, 3.8) is 0 Å². The van der Waals surface area contributed by atoms with Crippen LogP contribution in [0, 0.1) is 0 Å². The average molecular weight is 565 g/mol. The molecule has 0 aromatic heterocycles. The standard InChI is InChI=1S/C28H24N4.2C3H6O2/c1-7-22-23(8-2)28-18(6)27-16(4)15(3)26(32-27)17(5)24-12-11-20(30-24)13-19-9-10-21(29-19)14-25(22)31-28;2*1-2-3(4)5/h7-14H,1-2H2,3-6H3;2*2H2,1H3,(H,4,5). The first kappa shape index (κ1) is 31.5. The molecule has 0 atom stereocenters. The summed E-state index contributed by atoms with van der Waals surface area (Å²) in [5.41, 5.74) is 13.5. The second kappa shape index (κ2) is 13.6. The molecular formula is C34H36N4O4. The molecule has 0 spiro atoms. The van der Waals surface area contributed by atoms with E-state index in [2.05, 4.69) is 40.9 Å². The summed E-state index contributed by atoms with van der Waals surface area (Å²) in [4.78, 5) is 38.3. The van der Waals surface area contributed by atoms with E-state index in [1.165, 1.54) is 5.57 Å². The normalized spacial score (nSPS) is 18.3. The monoisotopic (exact) mass is 564 g/mol. The van der Waals surface area contributed by atoms with E-state index in [1.807, 2.05) is 48.6 Å². The second-order valence-corrected chi connectivity index (χ2v) is 9.72. The SMILES string of the molecule is C=CC1=C(C=C)C2=NC1=CC1=NC(=CC3=NC(=C(C)C4=NC(=C2C)C(C)=C4C)C=C3)C=C1.CCC(=O)O.CCC(=O)O. The van der Waals surface area contributed by atoms with Gasteiger partial charge in [-0.05, 0) is 75.3 Å². The van der Waals surface area contributed by atoms with Crippen LogP contribution < -0.4 is 0 Å². The van der Waals surface area contributed by atoms with E-state index in [0.29, 0.717) is 0 Å². The molecule has 0 aliphatic carbocycles. The van der Waals surface area contributed by atoms with Crippen LogP contribution in [0.4, 0.5) is 0 Å². The van der Waals surface area contributed by atoms with Crippen molar-refractivity contribution in [1.82, 2.24) is 0 Å². The number of fused-ring (bicyclic) bond motifs is 4. The smallest absolute Gasteiger partial charge is 0.303 e. The number of carboxylic acid groups (broad SMARTS) is 2. The summed E-state index contributed by atoms with van der Waals surface area (Å²) in [5, 5.41) is 15.4. The van der Waals surface area contributed by atoms with Gasteiger partial charge >= 0.3 is 11.9 Å². The van der Waals surface area contributed by atoms with Gasteiger partial charge in [0.05, 0.1) is 45.6 Å². The van der Waals surface area contributed by atoms with E-state index in [-0.39, 0.29) is 12.8 Å². The van der Waals surface area contributed by atoms with E-state index in [1.54, 1.807) is 13.8 Å². The minimum absolute atomic E-state index is 0.222. The maximum absolute atomic E-state index is 9.37. The molecule has 5 heterocycles. The van der Waals surface area contributed by atoms with Crippen LogP contribution in [0.5, 0.6) is 0 Å². The average Bonchev–Trinajstić information content (AvgIpc) is 3.75. The highest BCUT2D eigenvalue weighted by Crippen LogP contribution is 2.37. The predicted molar refractivity (Wildman–Crippen MR) is 171 cm³/mol. The molecule has 0 unspecified atom stereocenters. The van der Waals surface area contributed by atoms with Gasteiger partial charge in [0, 0.05) is 35.1 Å². The van der Waals surface area contributed by atoms with Crippen molar-refractivity contribution in [3.05, 3.63) is 118 Å². The third-order valence-electron chi connectivity index (χ3n) is 6.94. The van der Waals surface area contributed by atoms with Crippen LogP contribution in [0.1, 0.15) is 54.4 Å². The Bertz CT molecular complexity index is 1630. The third-order valence-corrected chi connectivity index (χ3v) is 6.94. The van der Waals surface area contributed by atoms with E-state index >= 15 is 0 Å². The minimum atomic E-state index is -0.745. The lowest BCUT2D eigenvalue weighted by Crippen LogP contribution is -2.03. The lowest BCUT2D eigenvalue weighted by Gasteiger charge is -2.08. The van der Waals surface area contributed by atoms with Gasteiger partial charge < -0.3 is 10.2 Å². The Morgan fingerprint density at radius 3 is 1.83 bits per heavy atom. The number of carbonyl (C=O) groups is 2. The molecule has 0 saturated heterocycles. The fourth-order valence-corrected chi connectivity index (χ4v) is 4.44. The van der Waals surface area contributed by atoms with Crippen LogP contribution in [0.15, 0.2) is 138 Å². The van der Waals surface area contributed by atoms with Gasteiger partial charge in [-0.2, -0.15) is 0 Å². The van der Waals surface area contributed by atoms with E-state index < -0.39 is 11.9 Å². The van der Waals surface area contributed by atoms with Crippen LogP contribution in [0.2, 0.25) is 0 Å². The van der Waals surface area contributed by atoms with Gasteiger partial charge in [-0.25, -0.2) is 20.0 Å². The van der Waals surface area contributed by atoms with Gasteiger partial charge in [0.2, 0.25) is 0 Å². The molecule has 0 aromatic rings. The van der Waals surface area contributed by atoms with Gasteiger partial charge in [0.25, 0.3) is 0 Å². The lowest BCUT2D eigenvalue weighted by atomic mass is 9.96. The Morgan fingerprint density at radius 1 is 0.690 bits per heavy atom. The summed E-state index contributed by atoms with van der Waals surface area (Å²) in [6, 6.07) is 0. The zero-order valence-corrected chi connectivity index (χ0v) is 24.9. The number of hydrogen-bond donors (Lipinski definition) is 2. The van der Waals surface area contributed by atoms with Crippen molar-refractivity contribution in [2.24, 2.45) is 20.0 Å². The Balaban J connectivity index is 0.000000420. The molecule has 8 heteroatoms. The fraction of sp³-hybridized carbons (Fsp3) is 0.235. The van der Waals surface area contributed by atoms with Crippen molar-refractivity contribution < 1.29 is 19.8 Å². The molecule has 2 N–H and O–H groups in total. The fourth-order valence-electron chi connectivity index (χ4n) is 4.44. The summed E-state index contributed by atoms with van der Waals surface area (Å²) < 4.78 is 0. The van der Waals surface area contributed by atoms with Crippen LogP contribution in [0.25, 0.3) is 0 Å². The number of rotatable bonds is 4. The highest BCUT2D eigenvalue weighted by molar-refractivity contribution is 6.22. The number of aliphatic carboxylic acids is 2. The molecule has 8 bridgehead atoms. The second-order valence-electron chi connectivity index (χ2n) is 9.72. The molecule has 216 valence electrons. The van der Waals surface area contributed by atoms with Crippen molar-refractivity contribution in [1.29, 1.82) is 0 Å². The molecule has 5 aliphatic heterocycles. The molecule has 8 nitrogen and oxygen atoms in total. The van der Waals surface area contributed by atoms with Gasteiger partial charge in [-0.15, -0.1) is 0 Å². The molecule has 5 aliphatic rings. The van der Waals surface area contributed by atoms with Crippen LogP contribution in [-0.4, -0.2) is 45.0 Å². The summed E-state index contributed by atoms with van der Waals surface area (Å²) >= 11 is 0. The molecule has 0 aromatic carbocycles. The predicted octanol–water partition coefficient (Wildman–Crippen LogP) is 7.21. The van der Waals surface area contributed by atoms with Crippen molar-refractivity contribution in [2.75, 3.05) is 0 Å². The molecule has 42 heavy (non-hydrogen) atoms. The number of allylic oxidation sites excluding steroid dienone is 13. The summed E-state index contributed by atoms with van der Waals surface area (Å²) in [7, 11) is 0. The molecule has 0 radical (unpaired) electrons. The van der Waals surface area contributed by atoms with Gasteiger partial charge in [-0.3, -0.25) is 9.59 Å². The number of aliphatic imine (C=N–C) groups is 4. The molecule has 0 amide bonds. The Morgan fingerprint density at radius 2 is 1.26 bits per heavy atom. The first-order valence-corrected chi connectivity index (χ1v) is 13.6. The first-order valence-electron chi connectivity index (χ1n) is 13.6. The van der Waals surface area contributed by atoms with Crippen LogP contribution in [0.3, 0.4) is 0 Å². The molecular weight excluding hydrogens is 528 g/mol. The zero-order valence-electron chi connectivity index (χ0n) is 24.9. The zero-order chi connectivity index (χ0) is 31.1. The quantitative estimate of drug-likeness (QED) is 0.374. The summed E-state index contributed by atoms with van der Waals surface area (Å²) in [6.07, 6.45) is 16.2. The Kier molecular flexibility index (Phi) is 10.2. The third kappa shape index (κ3) is 6.83.